The number of H-pyrrole nitrogens is 1. The molecule has 132 valence electrons. The molecule has 1 unspecified atom stereocenters. The predicted molar refractivity (Wildman–Crippen MR) is 96.2 cm³/mol. The van der Waals surface area contributed by atoms with Crippen LogP contribution in [-0.4, -0.2) is 52.9 Å². The van der Waals surface area contributed by atoms with Crippen LogP contribution in [0.1, 0.15) is 37.3 Å². The van der Waals surface area contributed by atoms with Crippen LogP contribution in [0.3, 0.4) is 0 Å². The van der Waals surface area contributed by atoms with Crippen molar-refractivity contribution in [2.24, 2.45) is 0 Å². The number of amides is 3. The number of rotatable bonds is 5. The molecule has 2 saturated heterocycles. The van der Waals surface area contributed by atoms with Crippen LogP contribution in [-0.2, 0) is 4.79 Å². The van der Waals surface area contributed by atoms with Gasteiger partial charge >= 0.3 is 6.03 Å². The van der Waals surface area contributed by atoms with E-state index in [1.807, 2.05) is 30.5 Å². The number of imide groups is 1. The van der Waals surface area contributed by atoms with E-state index in [1.54, 1.807) is 0 Å². The number of aromatic nitrogens is 1. The highest BCUT2D eigenvalue weighted by molar-refractivity contribution is 6.06. The first-order chi connectivity index (χ1) is 12.2. The standard InChI is InChI=1S/C19H24N4O2/c24-18-17(15-13-20-16-8-3-2-7-14(15)16)21-19(25)23(18)12-6-11-22-9-4-1-5-10-22/h2-3,7-8,13,17,20H,1,4-6,9-12H2,(H,21,25). The Kier molecular flexibility index (Phi) is 4.44. The van der Waals surface area contributed by atoms with Crippen molar-refractivity contribution < 1.29 is 9.59 Å². The number of piperidine rings is 1. The summed E-state index contributed by atoms with van der Waals surface area (Å²) in [4.78, 5) is 32.0. The highest BCUT2D eigenvalue weighted by Crippen LogP contribution is 2.28. The number of nitrogens with one attached hydrogen (secondary N) is 2. The van der Waals surface area contributed by atoms with Gasteiger partial charge in [-0.1, -0.05) is 24.6 Å². The molecule has 0 spiro atoms. The van der Waals surface area contributed by atoms with Crippen LogP contribution in [0, 0.1) is 0 Å². The van der Waals surface area contributed by atoms with E-state index in [4.69, 9.17) is 0 Å². The first-order valence-corrected chi connectivity index (χ1v) is 9.14. The lowest BCUT2D eigenvalue weighted by Crippen LogP contribution is -2.36. The van der Waals surface area contributed by atoms with Gasteiger partial charge < -0.3 is 15.2 Å². The van der Waals surface area contributed by atoms with Crippen LogP contribution in [0.15, 0.2) is 30.5 Å². The molecule has 4 rings (SSSR count). The number of hydrogen-bond acceptors (Lipinski definition) is 3. The second-order valence-electron chi connectivity index (χ2n) is 6.92. The molecule has 1 aromatic heterocycles. The Morgan fingerprint density at radius 2 is 1.84 bits per heavy atom. The number of nitrogens with zero attached hydrogens (tertiary/aromatic N) is 2. The summed E-state index contributed by atoms with van der Waals surface area (Å²) < 4.78 is 0. The van der Waals surface area contributed by atoms with Gasteiger partial charge in [-0.05, 0) is 45.0 Å². The summed E-state index contributed by atoms with van der Waals surface area (Å²) in [5.41, 5.74) is 1.82. The summed E-state index contributed by atoms with van der Waals surface area (Å²) in [5, 5.41) is 3.82. The Morgan fingerprint density at radius 3 is 2.68 bits per heavy atom. The molecule has 2 aromatic rings. The van der Waals surface area contributed by atoms with Gasteiger partial charge in [0.15, 0.2) is 0 Å². The van der Waals surface area contributed by atoms with Crippen molar-refractivity contribution in [2.75, 3.05) is 26.2 Å². The average Bonchev–Trinajstić information content (AvgIpc) is 3.18. The first kappa shape index (κ1) is 16.1. The Labute approximate surface area is 147 Å². The maximum atomic E-state index is 12.8. The fourth-order valence-corrected chi connectivity index (χ4v) is 3.91. The molecule has 2 aliphatic rings. The lowest BCUT2D eigenvalue weighted by Gasteiger charge is -2.26. The minimum atomic E-state index is -0.585. The predicted octanol–water partition coefficient (Wildman–Crippen LogP) is 2.64. The largest absolute Gasteiger partial charge is 0.361 e. The van der Waals surface area contributed by atoms with E-state index in [-0.39, 0.29) is 11.9 Å². The summed E-state index contributed by atoms with van der Waals surface area (Å²) in [6.07, 6.45) is 6.48. The van der Waals surface area contributed by atoms with Crippen LogP contribution >= 0.6 is 0 Å². The molecule has 2 fully saturated rings. The summed E-state index contributed by atoms with van der Waals surface area (Å²) in [6.45, 7) is 3.71. The number of aromatic amines is 1. The van der Waals surface area contributed by atoms with Crippen molar-refractivity contribution >= 4 is 22.8 Å². The van der Waals surface area contributed by atoms with Crippen molar-refractivity contribution in [3.05, 3.63) is 36.0 Å². The lowest BCUT2D eigenvalue weighted by atomic mass is 10.1. The number of urea groups is 1. The first-order valence-electron chi connectivity index (χ1n) is 9.14. The smallest absolute Gasteiger partial charge is 0.325 e. The summed E-state index contributed by atoms with van der Waals surface area (Å²) in [7, 11) is 0. The van der Waals surface area contributed by atoms with E-state index in [1.165, 1.54) is 24.2 Å². The molecule has 2 N–H and O–H groups in total. The molecule has 6 heteroatoms. The summed E-state index contributed by atoms with van der Waals surface area (Å²) >= 11 is 0. The van der Waals surface area contributed by atoms with Gasteiger partial charge in [0, 0.05) is 29.2 Å². The fourth-order valence-electron chi connectivity index (χ4n) is 3.91. The molecule has 3 amide bonds. The fraction of sp³-hybridized carbons (Fsp3) is 0.474. The minimum Gasteiger partial charge on any atom is -0.361 e. The average molecular weight is 340 g/mol. The second-order valence-corrected chi connectivity index (χ2v) is 6.92. The van der Waals surface area contributed by atoms with E-state index in [9.17, 15) is 9.59 Å². The number of likely N-dealkylation sites (tertiary alicyclic amines) is 1. The number of benzene rings is 1. The van der Waals surface area contributed by atoms with Crippen LogP contribution in [0.4, 0.5) is 4.79 Å². The van der Waals surface area contributed by atoms with Crippen LogP contribution in [0.5, 0.6) is 0 Å². The molecule has 25 heavy (non-hydrogen) atoms. The Balaban J connectivity index is 1.41. The molecule has 3 heterocycles. The number of para-hydroxylation sites is 1. The van der Waals surface area contributed by atoms with Gasteiger partial charge in [-0.15, -0.1) is 0 Å². The highest BCUT2D eigenvalue weighted by Gasteiger charge is 2.39. The second kappa shape index (κ2) is 6.88. The van der Waals surface area contributed by atoms with Crippen LogP contribution < -0.4 is 5.32 Å². The number of carbonyl (C=O) groups is 2. The minimum absolute atomic E-state index is 0.145. The molecule has 0 radical (unpaired) electrons. The van der Waals surface area contributed by atoms with Gasteiger partial charge in [0.25, 0.3) is 5.91 Å². The third-order valence-corrected chi connectivity index (χ3v) is 5.26. The molecular formula is C19H24N4O2. The zero-order valence-corrected chi connectivity index (χ0v) is 14.3. The van der Waals surface area contributed by atoms with E-state index >= 15 is 0 Å². The maximum Gasteiger partial charge on any atom is 0.325 e. The Hall–Kier alpha value is -2.34. The van der Waals surface area contributed by atoms with Gasteiger partial charge in [-0.3, -0.25) is 9.69 Å². The zero-order valence-electron chi connectivity index (χ0n) is 14.3. The van der Waals surface area contributed by atoms with E-state index in [0.29, 0.717) is 6.54 Å². The zero-order chi connectivity index (χ0) is 17.2. The van der Waals surface area contributed by atoms with E-state index in [2.05, 4.69) is 15.2 Å². The molecule has 6 nitrogen and oxygen atoms in total. The molecule has 1 aromatic carbocycles. The van der Waals surface area contributed by atoms with Gasteiger partial charge in [0.1, 0.15) is 6.04 Å². The van der Waals surface area contributed by atoms with Gasteiger partial charge in [-0.25, -0.2) is 4.79 Å². The van der Waals surface area contributed by atoms with Crippen LogP contribution in [0.25, 0.3) is 10.9 Å². The SMILES string of the molecule is O=C1NC(c2c[nH]c3ccccc23)C(=O)N1CCCN1CCCCC1. The molecule has 0 aliphatic carbocycles. The molecular weight excluding hydrogens is 316 g/mol. The van der Waals surface area contributed by atoms with Crippen molar-refractivity contribution in [3.8, 4) is 0 Å². The van der Waals surface area contributed by atoms with Crippen molar-refractivity contribution in [3.63, 3.8) is 0 Å². The van der Waals surface area contributed by atoms with Crippen LogP contribution in [0.2, 0.25) is 0 Å². The Bertz CT molecular complexity index is 779. The molecule has 0 saturated carbocycles. The topological polar surface area (TPSA) is 68.4 Å². The van der Waals surface area contributed by atoms with Crippen molar-refractivity contribution in [2.45, 2.75) is 31.7 Å². The van der Waals surface area contributed by atoms with E-state index in [0.717, 1.165) is 42.5 Å². The normalized spacial score (nSPS) is 21.9. The Morgan fingerprint density at radius 1 is 1.04 bits per heavy atom. The summed E-state index contributed by atoms with van der Waals surface area (Å²) in [6, 6.07) is 6.97. The monoisotopic (exact) mass is 340 g/mol. The number of carbonyl (C=O) groups excluding carboxylic acids is 2. The third kappa shape index (κ3) is 3.14. The maximum absolute atomic E-state index is 12.8. The molecule has 0 bridgehead atoms. The highest BCUT2D eigenvalue weighted by atomic mass is 16.2. The quantitative estimate of drug-likeness (QED) is 0.822. The van der Waals surface area contributed by atoms with Gasteiger partial charge in [-0.2, -0.15) is 0 Å². The lowest BCUT2D eigenvalue weighted by molar-refractivity contribution is -0.127. The van der Waals surface area contributed by atoms with Gasteiger partial charge in [0.2, 0.25) is 0 Å². The third-order valence-electron chi connectivity index (χ3n) is 5.26. The molecule has 2 aliphatic heterocycles. The van der Waals surface area contributed by atoms with Crippen molar-refractivity contribution in [1.29, 1.82) is 0 Å². The van der Waals surface area contributed by atoms with Crippen molar-refractivity contribution in [1.82, 2.24) is 20.1 Å². The number of fused-ring (bicyclic) bond motifs is 1. The van der Waals surface area contributed by atoms with E-state index < -0.39 is 6.04 Å². The summed E-state index contributed by atoms with van der Waals surface area (Å²) in [5.74, 6) is -0.145. The van der Waals surface area contributed by atoms with Gasteiger partial charge in [0.05, 0.1) is 0 Å². The molecule has 1 atom stereocenters. The number of hydrogen-bond donors (Lipinski definition) is 2.